The molecule has 0 heterocycles. The fraction of sp³-hybridized carbons (Fsp3) is 0.574. The molecule has 0 saturated heterocycles. The van der Waals surface area contributed by atoms with Crippen molar-refractivity contribution >= 4 is 19.8 Å². The highest BCUT2D eigenvalue weighted by molar-refractivity contribution is 7.47. The van der Waals surface area contributed by atoms with Crippen LogP contribution in [-0.4, -0.2) is 60.5 Å². The maximum Gasteiger partial charge on any atom is 0.472 e. The topological polar surface area (TPSA) is 155 Å². The van der Waals surface area contributed by atoms with E-state index in [1.807, 2.05) is 24.3 Å². The molecule has 0 saturated carbocycles. The van der Waals surface area contributed by atoms with Crippen molar-refractivity contribution in [3.63, 3.8) is 0 Å². The molecule has 0 amide bonds. The van der Waals surface area contributed by atoms with Crippen LogP contribution in [0.25, 0.3) is 0 Å². The number of nitrogens with two attached hydrogens (primary N) is 1. The molecule has 0 rings (SSSR count). The highest BCUT2D eigenvalue weighted by Gasteiger charge is 2.26. The van der Waals surface area contributed by atoms with Crippen molar-refractivity contribution in [2.45, 2.75) is 148 Å². The molecule has 0 aromatic heterocycles. The molecule has 0 aliphatic heterocycles. The second-order valence-electron chi connectivity index (χ2n) is 13.7. The molecule has 0 radical (unpaired) electrons. The lowest BCUT2D eigenvalue weighted by atomic mass is 10.1. The number of phosphoric ester groups is 1. The first-order chi connectivity index (χ1) is 28.2. The van der Waals surface area contributed by atoms with Crippen LogP contribution in [0.3, 0.4) is 0 Å². The summed E-state index contributed by atoms with van der Waals surface area (Å²) >= 11 is 0. The third kappa shape index (κ3) is 40.8. The van der Waals surface area contributed by atoms with Gasteiger partial charge in [-0.3, -0.25) is 18.6 Å². The van der Waals surface area contributed by atoms with Crippen molar-refractivity contribution in [1.29, 1.82) is 0 Å². The normalized spacial score (nSPS) is 14.9. The Kier molecular flexibility index (Phi) is 39.4. The van der Waals surface area contributed by atoms with Crippen molar-refractivity contribution < 1.29 is 42.7 Å². The van der Waals surface area contributed by atoms with Gasteiger partial charge in [0.15, 0.2) is 6.10 Å². The zero-order valence-electron chi connectivity index (χ0n) is 35.6. The lowest BCUT2D eigenvalue weighted by molar-refractivity contribution is -0.161. The summed E-state index contributed by atoms with van der Waals surface area (Å²) in [5.74, 6) is -1.14. The number of rotatable bonds is 38. The molecule has 0 aromatic rings. The van der Waals surface area contributed by atoms with Gasteiger partial charge in [-0.25, -0.2) is 4.57 Å². The minimum atomic E-state index is -4.45. The Bertz CT molecular complexity index is 1330. The summed E-state index contributed by atoms with van der Waals surface area (Å²) in [7, 11) is -4.45. The van der Waals surface area contributed by atoms with Crippen LogP contribution >= 0.6 is 7.82 Å². The van der Waals surface area contributed by atoms with Crippen LogP contribution in [-0.2, 0) is 32.7 Å². The van der Waals surface area contributed by atoms with Gasteiger partial charge in [0.25, 0.3) is 0 Å². The largest absolute Gasteiger partial charge is 0.472 e. The number of phosphoric acid groups is 1. The summed E-state index contributed by atoms with van der Waals surface area (Å²) < 4.78 is 32.5. The maximum absolute atomic E-state index is 12.6. The average molecular weight is 830 g/mol. The number of hydrogen-bond acceptors (Lipinski definition) is 9. The number of ether oxygens (including phenoxy) is 2. The van der Waals surface area contributed by atoms with Crippen LogP contribution in [0.5, 0.6) is 0 Å². The van der Waals surface area contributed by atoms with Crippen molar-refractivity contribution in [2.24, 2.45) is 5.73 Å². The SMILES string of the molecule is CC/C=C\C/C=C\C/C=C\C/C=C\C/C=C\C/C=C\CCC(=O)O[C@H](COC(=O)CCCC(O)/C=C/C=C/C/C=C/CCCCCCCC)COP(=O)(O)OCCN. The van der Waals surface area contributed by atoms with E-state index in [1.165, 1.54) is 38.5 Å². The maximum atomic E-state index is 12.6. The minimum absolute atomic E-state index is 0.0106. The number of hydrogen-bond donors (Lipinski definition) is 3. The van der Waals surface area contributed by atoms with Crippen molar-refractivity contribution in [3.8, 4) is 0 Å². The van der Waals surface area contributed by atoms with Gasteiger partial charge in [-0.1, -0.05) is 155 Å². The van der Waals surface area contributed by atoms with Crippen molar-refractivity contribution in [1.82, 2.24) is 0 Å². The van der Waals surface area contributed by atoms with Crippen LogP contribution in [0.15, 0.2) is 109 Å². The molecule has 328 valence electrons. The molecule has 4 N–H and O–H groups in total. The molecule has 0 aromatic carbocycles. The Morgan fingerprint density at radius 3 is 1.78 bits per heavy atom. The highest BCUT2D eigenvalue weighted by atomic mass is 31.2. The van der Waals surface area contributed by atoms with E-state index in [4.69, 9.17) is 24.3 Å². The Labute approximate surface area is 351 Å². The Balaban J connectivity index is 4.49. The van der Waals surface area contributed by atoms with Gasteiger partial charge < -0.3 is 25.2 Å². The van der Waals surface area contributed by atoms with Crippen LogP contribution in [0.2, 0.25) is 0 Å². The molecule has 58 heavy (non-hydrogen) atoms. The number of aliphatic hydroxyl groups is 1. The van der Waals surface area contributed by atoms with E-state index >= 15 is 0 Å². The lowest BCUT2D eigenvalue weighted by Crippen LogP contribution is -2.29. The van der Waals surface area contributed by atoms with E-state index in [0.29, 0.717) is 19.3 Å². The van der Waals surface area contributed by atoms with E-state index in [2.05, 4.69) is 86.8 Å². The second kappa shape index (κ2) is 41.8. The molecule has 0 spiro atoms. The van der Waals surface area contributed by atoms with Crippen LogP contribution in [0.1, 0.15) is 136 Å². The molecule has 3 atom stereocenters. The fourth-order valence-corrected chi connectivity index (χ4v) is 5.84. The predicted molar refractivity (Wildman–Crippen MR) is 239 cm³/mol. The predicted octanol–water partition coefficient (Wildman–Crippen LogP) is 11.4. The molecule has 0 bridgehead atoms. The van der Waals surface area contributed by atoms with E-state index in [1.54, 1.807) is 12.2 Å². The van der Waals surface area contributed by atoms with Gasteiger partial charge >= 0.3 is 19.8 Å². The number of aliphatic hydroxyl groups excluding tert-OH is 1. The molecule has 0 aliphatic carbocycles. The van der Waals surface area contributed by atoms with Gasteiger partial charge in [0.05, 0.1) is 19.3 Å². The van der Waals surface area contributed by atoms with Gasteiger partial charge in [0, 0.05) is 19.4 Å². The van der Waals surface area contributed by atoms with Gasteiger partial charge in [-0.15, -0.1) is 0 Å². The van der Waals surface area contributed by atoms with Crippen molar-refractivity contribution in [2.75, 3.05) is 26.4 Å². The molecule has 10 nitrogen and oxygen atoms in total. The summed E-state index contributed by atoms with van der Waals surface area (Å²) in [6.07, 6.45) is 51.7. The number of esters is 2. The zero-order valence-corrected chi connectivity index (χ0v) is 36.5. The third-order valence-electron chi connectivity index (χ3n) is 8.26. The molecular weight excluding hydrogens is 753 g/mol. The van der Waals surface area contributed by atoms with Gasteiger partial charge in [0.1, 0.15) is 6.61 Å². The zero-order chi connectivity index (χ0) is 42.6. The number of carbonyl (C=O) groups is 2. The van der Waals surface area contributed by atoms with Gasteiger partial charge in [-0.2, -0.15) is 0 Å². The van der Waals surface area contributed by atoms with Crippen LogP contribution in [0.4, 0.5) is 0 Å². The Hall–Kier alpha value is -3.37. The smallest absolute Gasteiger partial charge is 0.462 e. The summed E-state index contributed by atoms with van der Waals surface area (Å²) in [5, 5.41) is 10.2. The van der Waals surface area contributed by atoms with Crippen LogP contribution < -0.4 is 5.73 Å². The highest BCUT2D eigenvalue weighted by Crippen LogP contribution is 2.43. The Morgan fingerprint density at radius 2 is 1.17 bits per heavy atom. The standard InChI is InChI=1S/C47H76NO9P/c1-3-5-7-9-11-13-15-17-18-19-20-21-22-24-26-28-30-32-34-38-47(51)57-45(43-56-58(52,53)55-41-40-48)42-54-46(50)39-35-37-44(49)36-33-31-29-27-25-23-16-14-12-10-8-6-4-2/h5,7,11,13,17-18,20-21,23-26,29-33,36,44-45,49H,3-4,6,8-10,12,14-16,19,22,27-28,34-35,37-43,48H2,1-2H3,(H,52,53)/b7-5-,13-11-,18-17-,21-20-,25-23+,26-24-,31-29+,32-30-,36-33+/t44?,45-/m1/s1. The van der Waals surface area contributed by atoms with Gasteiger partial charge in [0.2, 0.25) is 0 Å². The summed E-state index contributed by atoms with van der Waals surface area (Å²) in [4.78, 5) is 34.8. The van der Waals surface area contributed by atoms with Crippen LogP contribution in [0, 0.1) is 0 Å². The molecule has 0 aliphatic rings. The monoisotopic (exact) mass is 830 g/mol. The number of unbranched alkanes of at least 4 members (excludes halogenated alkanes) is 6. The molecule has 2 unspecified atom stereocenters. The average Bonchev–Trinajstić information content (AvgIpc) is 3.20. The third-order valence-corrected chi connectivity index (χ3v) is 9.24. The van der Waals surface area contributed by atoms with Crippen molar-refractivity contribution in [3.05, 3.63) is 109 Å². The second-order valence-corrected chi connectivity index (χ2v) is 15.1. The lowest BCUT2D eigenvalue weighted by Gasteiger charge is -2.19. The molecule has 11 heteroatoms. The molecule has 0 fully saturated rings. The van der Waals surface area contributed by atoms with E-state index in [9.17, 15) is 24.2 Å². The van der Waals surface area contributed by atoms with E-state index in [-0.39, 0.29) is 32.6 Å². The summed E-state index contributed by atoms with van der Waals surface area (Å²) in [6, 6.07) is 0. The van der Waals surface area contributed by atoms with Gasteiger partial charge in [-0.05, 0) is 77.0 Å². The first-order valence-corrected chi connectivity index (χ1v) is 23.0. The molecular formula is C47H76NO9P. The van der Waals surface area contributed by atoms with E-state index in [0.717, 1.165) is 51.4 Å². The first-order valence-electron chi connectivity index (χ1n) is 21.5. The first kappa shape index (κ1) is 54.6. The number of carbonyl (C=O) groups excluding carboxylic acids is 2. The quantitative estimate of drug-likeness (QED) is 0.0180. The minimum Gasteiger partial charge on any atom is -0.462 e. The fourth-order valence-electron chi connectivity index (χ4n) is 5.08. The summed E-state index contributed by atoms with van der Waals surface area (Å²) in [6.45, 7) is 3.27. The number of allylic oxidation sites excluding steroid dienone is 17. The van der Waals surface area contributed by atoms with E-state index < -0.39 is 38.6 Å². The Morgan fingerprint density at radius 1 is 0.621 bits per heavy atom. The summed E-state index contributed by atoms with van der Waals surface area (Å²) in [5.41, 5.74) is 5.33.